The molecule has 12 heavy (non-hydrogen) atoms. The van der Waals surface area contributed by atoms with Crippen molar-refractivity contribution >= 4 is 0 Å². The molecule has 4 heteroatoms. The van der Waals surface area contributed by atoms with Crippen molar-refractivity contribution in [3.05, 3.63) is 18.2 Å². The van der Waals surface area contributed by atoms with Gasteiger partial charge in [-0.3, -0.25) is 0 Å². The van der Waals surface area contributed by atoms with Crippen LogP contribution < -0.4 is 5.73 Å². The molecule has 0 saturated carbocycles. The Bertz CT molecular complexity index is 255. The number of rotatable bonds is 3. The van der Waals surface area contributed by atoms with Crippen LogP contribution in [0.4, 0.5) is 0 Å². The first-order valence-corrected chi connectivity index (χ1v) is 3.98. The summed E-state index contributed by atoms with van der Waals surface area (Å²) in [6.07, 6.45) is 4.00. The van der Waals surface area contributed by atoms with Gasteiger partial charge >= 0.3 is 0 Å². The highest BCUT2D eigenvalue weighted by Gasteiger charge is 2.25. The first-order chi connectivity index (χ1) is 5.58. The molecule has 1 atom stereocenters. The van der Waals surface area contributed by atoms with E-state index >= 15 is 0 Å². The third-order valence-electron chi connectivity index (χ3n) is 1.93. The van der Waals surface area contributed by atoms with Gasteiger partial charge in [-0.2, -0.15) is 0 Å². The highest BCUT2D eigenvalue weighted by atomic mass is 16.3. The van der Waals surface area contributed by atoms with Crippen LogP contribution >= 0.6 is 0 Å². The molecule has 1 rings (SSSR count). The van der Waals surface area contributed by atoms with Gasteiger partial charge in [0.1, 0.15) is 11.4 Å². The van der Waals surface area contributed by atoms with E-state index in [4.69, 9.17) is 5.73 Å². The minimum absolute atomic E-state index is 0.458. The first-order valence-electron chi connectivity index (χ1n) is 3.98. The lowest BCUT2D eigenvalue weighted by atomic mass is 10.0. The summed E-state index contributed by atoms with van der Waals surface area (Å²) in [6.45, 7) is 2.18. The monoisotopic (exact) mass is 169 g/mol. The van der Waals surface area contributed by atoms with Crippen LogP contribution in [0, 0.1) is 0 Å². The maximum absolute atomic E-state index is 9.89. The molecule has 0 aliphatic heterocycles. The SMILES string of the molecule is Cn1ccnc1C(C)(O)CCN. The lowest BCUT2D eigenvalue weighted by Gasteiger charge is -2.21. The third-order valence-corrected chi connectivity index (χ3v) is 1.93. The number of aromatic nitrogens is 2. The smallest absolute Gasteiger partial charge is 0.140 e. The van der Waals surface area contributed by atoms with Gasteiger partial charge in [0.15, 0.2) is 0 Å². The van der Waals surface area contributed by atoms with Gasteiger partial charge in [0, 0.05) is 19.4 Å². The Hall–Kier alpha value is -0.870. The fourth-order valence-corrected chi connectivity index (χ4v) is 1.28. The van der Waals surface area contributed by atoms with Gasteiger partial charge in [0.25, 0.3) is 0 Å². The van der Waals surface area contributed by atoms with Crippen molar-refractivity contribution in [2.24, 2.45) is 12.8 Å². The summed E-state index contributed by atoms with van der Waals surface area (Å²) in [5.74, 6) is 0.660. The Kier molecular flexibility index (Phi) is 2.49. The van der Waals surface area contributed by atoms with Gasteiger partial charge in [-0.15, -0.1) is 0 Å². The predicted molar refractivity (Wildman–Crippen MR) is 46.5 cm³/mol. The largest absolute Gasteiger partial charge is 0.382 e. The van der Waals surface area contributed by atoms with Gasteiger partial charge in [0.2, 0.25) is 0 Å². The Morgan fingerprint density at radius 3 is 2.83 bits per heavy atom. The summed E-state index contributed by atoms with van der Waals surface area (Å²) >= 11 is 0. The lowest BCUT2D eigenvalue weighted by Crippen LogP contribution is -2.28. The predicted octanol–water partition coefficient (Wildman–Crippen LogP) is -0.0236. The molecule has 0 aliphatic rings. The fourth-order valence-electron chi connectivity index (χ4n) is 1.28. The van der Waals surface area contributed by atoms with Crippen LogP contribution in [0.3, 0.4) is 0 Å². The Labute approximate surface area is 72.0 Å². The van der Waals surface area contributed by atoms with E-state index in [-0.39, 0.29) is 0 Å². The second kappa shape index (κ2) is 3.25. The van der Waals surface area contributed by atoms with Gasteiger partial charge < -0.3 is 15.4 Å². The molecular formula is C8H15N3O. The van der Waals surface area contributed by atoms with E-state index in [1.807, 2.05) is 7.05 Å². The van der Waals surface area contributed by atoms with Crippen molar-refractivity contribution in [2.75, 3.05) is 6.54 Å². The lowest BCUT2D eigenvalue weighted by molar-refractivity contribution is 0.0384. The number of hydrogen-bond acceptors (Lipinski definition) is 3. The molecule has 1 aromatic rings. The average Bonchev–Trinajstić information content (AvgIpc) is 2.35. The molecule has 1 heterocycles. The Morgan fingerprint density at radius 2 is 2.42 bits per heavy atom. The number of nitrogens with zero attached hydrogens (tertiary/aromatic N) is 2. The van der Waals surface area contributed by atoms with Crippen LogP contribution in [0.25, 0.3) is 0 Å². The van der Waals surface area contributed by atoms with Gasteiger partial charge in [-0.1, -0.05) is 0 Å². The highest BCUT2D eigenvalue weighted by Crippen LogP contribution is 2.20. The van der Waals surface area contributed by atoms with Crippen molar-refractivity contribution in [3.63, 3.8) is 0 Å². The molecule has 0 spiro atoms. The van der Waals surface area contributed by atoms with E-state index in [9.17, 15) is 5.11 Å². The van der Waals surface area contributed by atoms with E-state index in [1.165, 1.54) is 0 Å². The quantitative estimate of drug-likeness (QED) is 0.668. The third kappa shape index (κ3) is 1.65. The van der Waals surface area contributed by atoms with Crippen LogP contribution in [0.2, 0.25) is 0 Å². The molecule has 0 bridgehead atoms. The molecule has 0 fully saturated rings. The Balaban J connectivity index is 2.88. The summed E-state index contributed by atoms with van der Waals surface area (Å²) in [7, 11) is 1.85. The molecule has 0 radical (unpaired) electrons. The van der Waals surface area contributed by atoms with E-state index in [1.54, 1.807) is 23.9 Å². The number of aryl methyl sites for hydroxylation is 1. The van der Waals surface area contributed by atoms with Crippen LogP contribution in [0.15, 0.2) is 12.4 Å². The normalized spacial score (nSPS) is 16.0. The van der Waals surface area contributed by atoms with Crippen molar-refractivity contribution in [1.29, 1.82) is 0 Å². The molecule has 0 aromatic carbocycles. The number of hydrogen-bond donors (Lipinski definition) is 2. The van der Waals surface area contributed by atoms with Crippen molar-refractivity contribution in [1.82, 2.24) is 9.55 Å². The summed E-state index contributed by atoms with van der Waals surface area (Å²) in [6, 6.07) is 0. The number of imidazole rings is 1. The van der Waals surface area contributed by atoms with E-state index in [2.05, 4.69) is 4.98 Å². The molecule has 3 N–H and O–H groups in total. The fraction of sp³-hybridized carbons (Fsp3) is 0.625. The summed E-state index contributed by atoms with van der Waals surface area (Å²) in [5, 5.41) is 9.89. The number of aliphatic hydroxyl groups is 1. The molecule has 0 saturated heterocycles. The van der Waals surface area contributed by atoms with E-state index < -0.39 is 5.60 Å². The molecule has 68 valence electrons. The first kappa shape index (κ1) is 9.22. The van der Waals surface area contributed by atoms with E-state index in [0.29, 0.717) is 18.8 Å². The molecule has 0 amide bonds. The van der Waals surface area contributed by atoms with Crippen LogP contribution in [0.1, 0.15) is 19.2 Å². The summed E-state index contributed by atoms with van der Waals surface area (Å²) in [5.41, 5.74) is 4.46. The molecule has 1 aromatic heterocycles. The highest BCUT2D eigenvalue weighted by molar-refractivity contribution is 5.02. The minimum atomic E-state index is -0.910. The second-order valence-corrected chi connectivity index (χ2v) is 3.17. The van der Waals surface area contributed by atoms with E-state index in [0.717, 1.165) is 0 Å². The zero-order valence-electron chi connectivity index (χ0n) is 7.49. The van der Waals surface area contributed by atoms with Gasteiger partial charge in [-0.25, -0.2) is 4.98 Å². The van der Waals surface area contributed by atoms with Crippen molar-refractivity contribution in [3.8, 4) is 0 Å². The summed E-state index contributed by atoms with van der Waals surface area (Å²) < 4.78 is 1.80. The Morgan fingerprint density at radius 1 is 1.75 bits per heavy atom. The zero-order chi connectivity index (χ0) is 9.19. The van der Waals surface area contributed by atoms with Gasteiger partial charge in [0.05, 0.1) is 0 Å². The van der Waals surface area contributed by atoms with Crippen molar-refractivity contribution < 1.29 is 5.11 Å². The average molecular weight is 169 g/mol. The molecule has 1 unspecified atom stereocenters. The minimum Gasteiger partial charge on any atom is -0.382 e. The molecule has 0 aliphatic carbocycles. The second-order valence-electron chi connectivity index (χ2n) is 3.17. The zero-order valence-corrected chi connectivity index (χ0v) is 7.49. The van der Waals surface area contributed by atoms with Crippen molar-refractivity contribution in [2.45, 2.75) is 18.9 Å². The van der Waals surface area contributed by atoms with Gasteiger partial charge in [-0.05, 0) is 19.9 Å². The topological polar surface area (TPSA) is 64.1 Å². The summed E-state index contributed by atoms with van der Waals surface area (Å²) in [4.78, 5) is 4.06. The van der Waals surface area contributed by atoms with Crippen LogP contribution in [0.5, 0.6) is 0 Å². The van der Waals surface area contributed by atoms with Crippen LogP contribution in [-0.2, 0) is 12.6 Å². The maximum Gasteiger partial charge on any atom is 0.140 e. The maximum atomic E-state index is 9.89. The standard InChI is InChI=1S/C8H15N3O/c1-8(12,3-4-9)7-10-5-6-11(7)2/h5-6,12H,3-4,9H2,1-2H3. The molecule has 4 nitrogen and oxygen atoms in total. The number of nitrogens with two attached hydrogens (primary N) is 1. The van der Waals surface area contributed by atoms with Crippen LogP contribution in [-0.4, -0.2) is 21.2 Å². The molecular weight excluding hydrogens is 154 g/mol.